The zero-order valence-electron chi connectivity index (χ0n) is 11.5. The van der Waals surface area contributed by atoms with E-state index < -0.39 is 0 Å². The highest BCUT2D eigenvalue weighted by molar-refractivity contribution is 5.02. The maximum absolute atomic E-state index is 5.72. The van der Waals surface area contributed by atoms with Crippen molar-refractivity contribution in [1.29, 1.82) is 0 Å². The van der Waals surface area contributed by atoms with Crippen LogP contribution in [-0.4, -0.2) is 23.8 Å². The number of ether oxygens (including phenoxy) is 1. The average Bonchev–Trinajstić information content (AvgIpc) is 3.17. The first-order chi connectivity index (χ1) is 9.31. The van der Waals surface area contributed by atoms with Crippen molar-refractivity contribution in [2.45, 2.75) is 50.5 Å². The van der Waals surface area contributed by atoms with Crippen LogP contribution < -0.4 is 5.73 Å². The Labute approximate surface area is 113 Å². The molecule has 1 aromatic rings. The summed E-state index contributed by atoms with van der Waals surface area (Å²) in [5, 5.41) is 4.13. The van der Waals surface area contributed by atoms with Crippen molar-refractivity contribution >= 4 is 0 Å². The fourth-order valence-electron chi connectivity index (χ4n) is 3.08. The molecule has 0 saturated heterocycles. The van der Waals surface area contributed by atoms with Gasteiger partial charge in [0.2, 0.25) is 11.7 Å². The van der Waals surface area contributed by atoms with Gasteiger partial charge in [0.05, 0.1) is 0 Å². The van der Waals surface area contributed by atoms with Gasteiger partial charge >= 0.3 is 0 Å². The Morgan fingerprint density at radius 2 is 2.00 bits per heavy atom. The van der Waals surface area contributed by atoms with Gasteiger partial charge in [0.25, 0.3) is 0 Å². The van der Waals surface area contributed by atoms with Crippen molar-refractivity contribution < 1.29 is 9.26 Å². The minimum absolute atomic E-state index is 0.0258. The first kappa shape index (κ1) is 13.1. The van der Waals surface area contributed by atoms with Crippen LogP contribution in [0.4, 0.5) is 0 Å². The predicted octanol–water partition coefficient (Wildman–Crippen LogP) is 2.40. The van der Waals surface area contributed by atoms with Crippen LogP contribution in [0, 0.1) is 11.8 Å². The summed E-state index contributed by atoms with van der Waals surface area (Å²) < 4.78 is 11.0. The summed E-state index contributed by atoms with van der Waals surface area (Å²) in [5.74, 6) is 3.22. The molecular formula is C14H23N3O2. The number of rotatable bonds is 5. The summed E-state index contributed by atoms with van der Waals surface area (Å²) in [6.07, 6.45) is 7.03. The molecule has 0 aromatic carbocycles. The fraction of sp³-hybridized carbons (Fsp3) is 0.857. The van der Waals surface area contributed by atoms with Gasteiger partial charge in [-0.2, -0.15) is 4.98 Å². The quantitative estimate of drug-likeness (QED) is 0.884. The van der Waals surface area contributed by atoms with Crippen molar-refractivity contribution in [3.8, 4) is 0 Å². The highest BCUT2D eigenvalue weighted by Crippen LogP contribution is 2.42. The molecule has 1 heterocycles. The molecule has 2 N–H and O–H groups in total. The van der Waals surface area contributed by atoms with E-state index in [2.05, 4.69) is 10.1 Å². The third-order valence-electron chi connectivity index (χ3n) is 4.55. The first-order valence-corrected chi connectivity index (χ1v) is 7.38. The number of nitrogens with two attached hydrogens (primary N) is 1. The van der Waals surface area contributed by atoms with Crippen molar-refractivity contribution in [3.63, 3.8) is 0 Å². The maximum atomic E-state index is 5.72. The SMILES string of the molecule is COC(c1noc(C2CCC(CN)CC2)n1)C1CC1. The van der Waals surface area contributed by atoms with Crippen molar-refractivity contribution in [2.24, 2.45) is 17.6 Å². The van der Waals surface area contributed by atoms with Crippen LogP contribution in [0.25, 0.3) is 0 Å². The van der Waals surface area contributed by atoms with Gasteiger partial charge in [-0.15, -0.1) is 0 Å². The van der Waals surface area contributed by atoms with Crippen molar-refractivity contribution in [2.75, 3.05) is 13.7 Å². The molecule has 2 aliphatic carbocycles. The van der Waals surface area contributed by atoms with Crippen LogP contribution in [0.2, 0.25) is 0 Å². The topological polar surface area (TPSA) is 74.2 Å². The third kappa shape index (κ3) is 2.82. The Balaban J connectivity index is 1.64. The Morgan fingerprint density at radius 1 is 1.26 bits per heavy atom. The second-order valence-corrected chi connectivity index (χ2v) is 5.94. The summed E-state index contributed by atoms with van der Waals surface area (Å²) in [4.78, 5) is 4.58. The Bertz CT molecular complexity index is 409. The molecule has 1 aromatic heterocycles. The average molecular weight is 265 g/mol. The molecule has 19 heavy (non-hydrogen) atoms. The van der Waals surface area contributed by atoms with Gasteiger partial charge in [-0.25, -0.2) is 0 Å². The monoisotopic (exact) mass is 265 g/mol. The van der Waals surface area contributed by atoms with E-state index in [1.54, 1.807) is 7.11 Å². The lowest BCUT2D eigenvalue weighted by atomic mass is 9.82. The number of hydrogen-bond donors (Lipinski definition) is 1. The van der Waals surface area contributed by atoms with Crippen molar-refractivity contribution in [3.05, 3.63) is 11.7 Å². The highest BCUT2D eigenvalue weighted by atomic mass is 16.5. The first-order valence-electron chi connectivity index (χ1n) is 7.38. The van der Waals surface area contributed by atoms with Crippen molar-refractivity contribution in [1.82, 2.24) is 10.1 Å². The standard InChI is InChI=1S/C14H23N3O2/c1-18-12(10-6-7-10)13-16-14(19-17-13)11-4-2-9(8-15)3-5-11/h9-12H,2-8,15H2,1H3. The Hall–Kier alpha value is -0.940. The molecule has 106 valence electrons. The molecule has 0 spiro atoms. The largest absolute Gasteiger partial charge is 0.373 e. The molecule has 0 amide bonds. The number of hydrogen-bond acceptors (Lipinski definition) is 5. The molecule has 2 saturated carbocycles. The minimum Gasteiger partial charge on any atom is -0.373 e. The normalized spacial score (nSPS) is 29.4. The van der Waals surface area contributed by atoms with Crippen LogP contribution >= 0.6 is 0 Å². The third-order valence-corrected chi connectivity index (χ3v) is 4.55. The number of nitrogens with zero attached hydrogens (tertiary/aromatic N) is 2. The zero-order valence-corrected chi connectivity index (χ0v) is 11.5. The van der Waals surface area contributed by atoms with E-state index >= 15 is 0 Å². The molecule has 0 bridgehead atoms. The molecular weight excluding hydrogens is 242 g/mol. The van der Waals surface area contributed by atoms with E-state index in [0.717, 1.165) is 31.1 Å². The highest BCUT2D eigenvalue weighted by Gasteiger charge is 2.36. The lowest BCUT2D eigenvalue weighted by molar-refractivity contribution is 0.0751. The van der Waals surface area contributed by atoms with E-state index in [1.807, 2.05) is 0 Å². The Kier molecular flexibility index (Phi) is 3.84. The van der Waals surface area contributed by atoms with Gasteiger partial charge in [-0.05, 0) is 56.9 Å². The summed E-state index contributed by atoms with van der Waals surface area (Å²) >= 11 is 0. The number of aromatic nitrogens is 2. The van der Waals surface area contributed by atoms with Gasteiger partial charge in [0.15, 0.2) is 0 Å². The molecule has 1 atom stereocenters. The van der Waals surface area contributed by atoms with Gasteiger partial charge in [0.1, 0.15) is 6.10 Å². The summed E-state index contributed by atoms with van der Waals surface area (Å²) in [7, 11) is 1.73. The fourth-order valence-corrected chi connectivity index (χ4v) is 3.08. The van der Waals surface area contributed by atoms with E-state index in [1.165, 1.54) is 25.7 Å². The second-order valence-electron chi connectivity index (χ2n) is 5.94. The van der Waals surface area contributed by atoms with Crippen LogP contribution in [-0.2, 0) is 4.74 Å². The van der Waals surface area contributed by atoms with Crippen LogP contribution in [0.3, 0.4) is 0 Å². The smallest absolute Gasteiger partial charge is 0.229 e. The van der Waals surface area contributed by atoms with E-state index in [-0.39, 0.29) is 6.10 Å². The summed E-state index contributed by atoms with van der Waals surface area (Å²) in [6.45, 7) is 0.801. The predicted molar refractivity (Wildman–Crippen MR) is 70.5 cm³/mol. The molecule has 5 heteroatoms. The van der Waals surface area contributed by atoms with Gasteiger partial charge in [-0.3, -0.25) is 0 Å². The van der Waals surface area contributed by atoms with E-state index in [4.69, 9.17) is 15.0 Å². The van der Waals surface area contributed by atoms with E-state index in [9.17, 15) is 0 Å². The van der Waals surface area contributed by atoms with Crippen LogP contribution in [0.1, 0.15) is 62.3 Å². The molecule has 5 nitrogen and oxygen atoms in total. The van der Waals surface area contributed by atoms with Gasteiger partial charge < -0.3 is 15.0 Å². The molecule has 2 fully saturated rings. The molecule has 0 aliphatic heterocycles. The molecule has 0 radical (unpaired) electrons. The minimum atomic E-state index is 0.0258. The van der Waals surface area contributed by atoms with Crippen LogP contribution in [0.15, 0.2) is 4.52 Å². The summed E-state index contributed by atoms with van der Waals surface area (Å²) in [6, 6.07) is 0. The second kappa shape index (κ2) is 5.59. The maximum Gasteiger partial charge on any atom is 0.229 e. The molecule has 2 aliphatic rings. The van der Waals surface area contributed by atoms with E-state index in [0.29, 0.717) is 17.8 Å². The zero-order chi connectivity index (χ0) is 13.2. The molecule has 3 rings (SSSR count). The lowest BCUT2D eigenvalue weighted by Crippen LogP contribution is -2.20. The molecule has 1 unspecified atom stereocenters. The van der Waals surface area contributed by atoms with Gasteiger partial charge in [-0.1, -0.05) is 5.16 Å². The lowest BCUT2D eigenvalue weighted by Gasteiger charge is -2.24. The number of methoxy groups -OCH3 is 1. The summed E-state index contributed by atoms with van der Waals surface area (Å²) in [5.41, 5.74) is 5.72. The van der Waals surface area contributed by atoms with Gasteiger partial charge in [0, 0.05) is 13.0 Å². The Morgan fingerprint density at radius 3 is 2.58 bits per heavy atom. The van der Waals surface area contributed by atoms with Crippen LogP contribution in [0.5, 0.6) is 0 Å².